The van der Waals surface area contributed by atoms with Gasteiger partial charge in [0.15, 0.2) is 0 Å². The normalized spacial score (nSPS) is 10.8. The van der Waals surface area contributed by atoms with Crippen LogP contribution in [-0.4, -0.2) is 17.6 Å². The number of hydrogen-bond donors (Lipinski definition) is 2. The van der Waals surface area contributed by atoms with Gasteiger partial charge in [0.2, 0.25) is 5.91 Å². The molecule has 4 heteroatoms. The summed E-state index contributed by atoms with van der Waals surface area (Å²) in [6.07, 6.45) is 3.79. The lowest BCUT2D eigenvalue weighted by Gasteiger charge is -2.03. The van der Waals surface area contributed by atoms with Gasteiger partial charge in [-0.1, -0.05) is 35.9 Å². The summed E-state index contributed by atoms with van der Waals surface area (Å²) in [4.78, 5) is 11.8. The van der Waals surface area contributed by atoms with E-state index in [1.54, 1.807) is 18.2 Å². The third-order valence-corrected chi connectivity index (χ3v) is 3.13. The molecule has 0 aliphatic heterocycles. The largest absolute Gasteiger partial charge is 0.396 e. The van der Waals surface area contributed by atoms with Gasteiger partial charge >= 0.3 is 0 Å². The molecule has 2 rings (SSSR count). The van der Waals surface area contributed by atoms with Gasteiger partial charge in [-0.2, -0.15) is 0 Å². The number of aliphatic hydroxyl groups is 1. The number of aliphatic hydroxyl groups excluding tert-OH is 1. The zero-order valence-electron chi connectivity index (χ0n) is 11.4. The highest BCUT2D eigenvalue weighted by Crippen LogP contribution is 2.13. The van der Waals surface area contributed by atoms with Gasteiger partial charge in [-0.05, 0) is 47.9 Å². The van der Waals surface area contributed by atoms with Crippen LogP contribution >= 0.6 is 11.6 Å². The Labute approximate surface area is 128 Å². The van der Waals surface area contributed by atoms with Crippen molar-refractivity contribution in [2.75, 3.05) is 11.9 Å². The van der Waals surface area contributed by atoms with Gasteiger partial charge in [-0.25, -0.2) is 0 Å². The summed E-state index contributed by atoms with van der Waals surface area (Å²) in [5.41, 5.74) is 2.62. The highest BCUT2D eigenvalue weighted by atomic mass is 35.5. The van der Waals surface area contributed by atoms with Crippen LogP contribution in [-0.2, 0) is 11.2 Å². The van der Waals surface area contributed by atoms with Crippen molar-refractivity contribution >= 4 is 29.3 Å². The number of carbonyl (C=O) groups excluding carboxylic acids is 1. The Balaban J connectivity index is 1.95. The zero-order chi connectivity index (χ0) is 15.1. The molecule has 0 saturated heterocycles. The summed E-state index contributed by atoms with van der Waals surface area (Å²) in [5.74, 6) is -0.204. The fourth-order valence-electron chi connectivity index (χ4n) is 1.85. The Kier molecular flexibility index (Phi) is 5.55. The molecule has 0 aliphatic carbocycles. The Bertz CT molecular complexity index is 635. The van der Waals surface area contributed by atoms with Gasteiger partial charge in [-0.15, -0.1) is 0 Å². The molecule has 0 radical (unpaired) electrons. The molecule has 0 bridgehead atoms. The number of hydrogen-bond acceptors (Lipinski definition) is 2. The standard InChI is InChI=1S/C17H16ClNO2/c18-15-3-1-2-14(12-15)6-9-17(21)19-16-7-4-13(5-8-16)10-11-20/h1-9,12,20H,10-11H2,(H,19,21)/b9-6+. The first-order valence-electron chi connectivity index (χ1n) is 6.62. The van der Waals surface area contributed by atoms with Gasteiger partial charge in [-0.3, -0.25) is 4.79 Å². The molecule has 1 amide bonds. The highest BCUT2D eigenvalue weighted by molar-refractivity contribution is 6.30. The number of amides is 1. The number of halogens is 1. The Morgan fingerprint density at radius 1 is 1.19 bits per heavy atom. The predicted molar refractivity (Wildman–Crippen MR) is 86.3 cm³/mol. The molecule has 0 spiro atoms. The van der Waals surface area contributed by atoms with E-state index < -0.39 is 0 Å². The van der Waals surface area contributed by atoms with Crippen LogP contribution in [0.4, 0.5) is 5.69 Å². The number of rotatable bonds is 5. The SMILES string of the molecule is O=C(/C=C/c1cccc(Cl)c1)Nc1ccc(CCO)cc1. The first-order chi connectivity index (χ1) is 10.2. The zero-order valence-corrected chi connectivity index (χ0v) is 12.2. The first-order valence-corrected chi connectivity index (χ1v) is 6.99. The van der Waals surface area contributed by atoms with Crippen LogP contribution in [0.15, 0.2) is 54.6 Å². The molecule has 0 fully saturated rings. The lowest BCUT2D eigenvalue weighted by Crippen LogP contribution is -2.07. The van der Waals surface area contributed by atoms with E-state index in [-0.39, 0.29) is 12.5 Å². The molecule has 21 heavy (non-hydrogen) atoms. The van der Waals surface area contributed by atoms with Gasteiger partial charge in [0.25, 0.3) is 0 Å². The van der Waals surface area contributed by atoms with Crippen LogP contribution in [0, 0.1) is 0 Å². The predicted octanol–water partition coefficient (Wildman–Crippen LogP) is 3.53. The Hall–Kier alpha value is -2.10. The van der Waals surface area contributed by atoms with Gasteiger partial charge < -0.3 is 10.4 Å². The van der Waals surface area contributed by atoms with Crippen molar-refractivity contribution in [2.24, 2.45) is 0 Å². The summed E-state index contributed by atoms with van der Waals surface area (Å²) < 4.78 is 0. The minimum absolute atomic E-state index is 0.119. The van der Waals surface area contributed by atoms with E-state index in [1.165, 1.54) is 6.08 Å². The molecular formula is C17H16ClNO2. The van der Waals surface area contributed by atoms with E-state index >= 15 is 0 Å². The molecule has 0 saturated carbocycles. The minimum Gasteiger partial charge on any atom is -0.396 e. The lowest BCUT2D eigenvalue weighted by molar-refractivity contribution is -0.111. The van der Waals surface area contributed by atoms with Gasteiger partial charge in [0.1, 0.15) is 0 Å². The highest BCUT2D eigenvalue weighted by Gasteiger charge is 1.99. The van der Waals surface area contributed by atoms with Crippen LogP contribution in [0.5, 0.6) is 0 Å². The van der Waals surface area contributed by atoms with E-state index in [0.29, 0.717) is 11.4 Å². The summed E-state index contributed by atoms with van der Waals surface area (Å²) >= 11 is 5.88. The number of carbonyl (C=O) groups is 1. The average molecular weight is 302 g/mol. The smallest absolute Gasteiger partial charge is 0.248 e. The van der Waals surface area contributed by atoms with Crippen molar-refractivity contribution in [1.82, 2.24) is 0 Å². The topological polar surface area (TPSA) is 49.3 Å². The third-order valence-electron chi connectivity index (χ3n) is 2.90. The Morgan fingerprint density at radius 2 is 1.95 bits per heavy atom. The molecular weight excluding hydrogens is 286 g/mol. The van der Waals surface area contributed by atoms with E-state index in [1.807, 2.05) is 36.4 Å². The van der Waals surface area contributed by atoms with E-state index in [0.717, 1.165) is 16.8 Å². The molecule has 2 N–H and O–H groups in total. The van der Waals surface area contributed by atoms with E-state index in [9.17, 15) is 4.79 Å². The van der Waals surface area contributed by atoms with Crippen LogP contribution in [0.1, 0.15) is 11.1 Å². The maximum absolute atomic E-state index is 11.8. The monoisotopic (exact) mass is 301 g/mol. The van der Waals surface area contributed by atoms with Crippen molar-refractivity contribution in [3.8, 4) is 0 Å². The number of nitrogens with one attached hydrogen (secondary N) is 1. The number of benzene rings is 2. The quantitative estimate of drug-likeness (QED) is 0.830. The summed E-state index contributed by atoms with van der Waals surface area (Å²) in [6, 6.07) is 14.7. The van der Waals surface area contributed by atoms with Crippen molar-refractivity contribution in [3.05, 3.63) is 70.8 Å². The summed E-state index contributed by atoms with van der Waals surface area (Å²) in [5, 5.41) is 12.3. The van der Waals surface area contributed by atoms with Crippen molar-refractivity contribution in [1.29, 1.82) is 0 Å². The maximum atomic E-state index is 11.8. The van der Waals surface area contributed by atoms with Crippen LogP contribution in [0.25, 0.3) is 6.08 Å². The fourth-order valence-corrected chi connectivity index (χ4v) is 2.05. The summed E-state index contributed by atoms with van der Waals surface area (Å²) in [7, 11) is 0. The molecule has 0 heterocycles. The van der Waals surface area contributed by atoms with Crippen LogP contribution in [0.2, 0.25) is 5.02 Å². The van der Waals surface area contributed by atoms with E-state index in [4.69, 9.17) is 16.7 Å². The molecule has 2 aromatic carbocycles. The average Bonchev–Trinajstić information content (AvgIpc) is 2.48. The molecule has 0 unspecified atom stereocenters. The van der Waals surface area contributed by atoms with Crippen LogP contribution < -0.4 is 5.32 Å². The third kappa shape index (κ3) is 5.06. The van der Waals surface area contributed by atoms with Crippen LogP contribution in [0.3, 0.4) is 0 Å². The number of anilines is 1. The molecule has 2 aromatic rings. The van der Waals surface area contributed by atoms with Gasteiger partial charge in [0.05, 0.1) is 0 Å². The van der Waals surface area contributed by atoms with Crippen molar-refractivity contribution < 1.29 is 9.90 Å². The summed E-state index contributed by atoms with van der Waals surface area (Å²) in [6.45, 7) is 0.119. The second-order valence-corrected chi connectivity index (χ2v) is 4.98. The minimum atomic E-state index is -0.204. The van der Waals surface area contributed by atoms with E-state index in [2.05, 4.69) is 5.32 Å². The second kappa shape index (κ2) is 7.62. The molecule has 3 nitrogen and oxygen atoms in total. The fraction of sp³-hybridized carbons (Fsp3) is 0.118. The van der Waals surface area contributed by atoms with Crippen molar-refractivity contribution in [2.45, 2.75) is 6.42 Å². The molecule has 0 atom stereocenters. The maximum Gasteiger partial charge on any atom is 0.248 e. The molecule has 0 aromatic heterocycles. The van der Waals surface area contributed by atoms with Gasteiger partial charge in [0, 0.05) is 23.4 Å². The molecule has 0 aliphatic rings. The Morgan fingerprint density at radius 3 is 2.62 bits per heavy atom. The second-order valence-electron chi connectivity index (χ2n) is 4.55. The lowest BCUT2D eigenvalue weighted by atomic mass is 10.1. The van der Waals surface area contributed by atoms with Crippen molar-refractivity contribution in [3.63, 3.8) is 0 Å². The first kappa shape index (κ1) is 15.3. The molecule has 108 valence electrons.